The van der Waals surface area contributed by atoms with Gasteiger partial charge in [-0.1, -0.05) is 24.3 Å². The van der Waals surface area contributed by atoms with Gasteiger partial charge in [-0.15, -0.1) is 0 Å². The molecule has 0 bridgehead atoms. The molecule has 3 aromatic heterocycles. The molecule has 4 aromatic rings. The minimum Gasteiger partial charge on any atom is -0.334 e. The molecule has 0 atom stereocenters. The molecule has 5 nitrogen and oxygen atoms in total. The van der Waals surface area contributed by atoms with Gasteiger partial charge >= 0.3 is 0 Å². The number of carbonyl (C=O) groups is 1. The highest BCUT2D eigenvalue weighted by atomic mass is 16.2. The van der Waals surface area contributed by atoms with E-state index in [1.165, 1.54) is 0 Å². The summed E-state index contributed by atoms with van der Waals surface area (Å²) in [4.78, 5) is 28.2. The highest BCUT2D eigenvalue weighted by molar-refractivity contribution is 6.03. The SMILES string of the molecule is O=C1c2c(ccnc2-c2ccncc2)CN1CCc1ccc2ccccc2n1. The molecule has 0 unspecified atom stereocenters. The first-order valence-electron chi connectivity index (χ1n) is 9.32. The topological polar surface area (TPSA) is 59.0 Å². The number of amides is 1. The van der Waals surface area contributed by atoms with Crippen LogP contribution in [-0.2, 0) is 13.0 Å². The fourth-order valence-electron chi connectivity index (χ4n) is 3.71. The van der Waals surface area contributed by atoms with Gasteiger partial charge in [0.15, 0.2) is 0 Å². The van der Waals surface area contributed by atoms with E-state index >= 15 is 0 Å². The van der Waals surface area contributed by atoms with Crippen molar-refractivity contribution in [1.82, 2.24) is 19.9 Å². The second-order valence-electron chi connectivity index (χ2n) is 6.90. The Bertz CT molecular complexity index is 1170. The molecule has 4 heterocycles. The van der Waals surface area contributed by atoms with Crippen LogP contribution in [0, 0.1) is 0 Å². The van der Waals surface area contributed by atoms with Gasteiger partial charge < -0.3 is 4.90 Å². The van der Waals surface area contributed by atoms with Crippen LogP contribution in [0.3, 0.4) is 0 Å². The largest absolute Gasteiger partial charge is 0.334 e. The molecule has 5 rings (SSSR count). The number of hydrogen-bond acceptors (Lipinski definition) is 4. The molecular weight excluding hydrogens is 348 g/mol. The lowest BCUT2D eigenvalue weighted by atomic mass is 10.0. The van der Waals surface area contributed by atoms with E-state index in [9.17, 15) is 4.79 Å². The van der Waals surface area contributed by atoms with Crippen molar-refractivity contribution in [3.8, 4) is 11.3 Å². The first-order valence-corrected chi connectivity index (χ1v) is 9.32. The van der Waals surface area contributed by atoms with Gasteiger partial charge in [-0.05, 0) is 35.9 Å². The van der Waals surface area contributed by atoms with Crippen molar-refractivity contribution < 1.29 is 4.79 Å². The fourth-order valence-corrected chi connectivity index (χ4v) is 3.71. The summed E-state index contributed by atoms with van der Waals surface area (Å²) in [6.07, 6.45) is 5.94. The van der Waals surface area contributed by atoms with Gasteiger partial charge in [0.25, 0.3) is 5.91 Å². The van der Waals surface area contributed by atoms with Crippen LogP contribution in [0.25, 0.3) is 22.2 Å². The zero-order chi connectivity index (χ0) is 18.9. The second-order valence-corrected chi connectivity index (χ2v) is 6.90. The van der Waals surface area contributed by atoms with Crippen molar-refractivity contribution in [2.75, 3.05) is 6.54 Å². The number of hydrogen-bond donors (Lipinski definition) is 0. The maximum Gasteiger partial charge on any atom is 0.256 e. The van der Waals surface area contributed by atoms with Gasteiger partial charge in [0, 0.05) is 54.7 Å². The fraction of sp³-hybridized carbons (Fsp3) is 0.130. The smallest absolute Gasteiger partial charge is 0.256 e. The lowest BCUT2D eigenvalue weighted by molar-refractivity contribution is 0.0780. The Morgan fingerprint density at radius 3 is 2.68 bits per heavy atom. The molecule has 1 aliphatic rings. The monoisotopic (exact) mass is 366 g/mol. The lowest BCUT2D eigenvalue weighted by Gasteiger charge is -2.15. The molecule has 0 N–H and O–H groups in total. The van der Waals surface area contributed by atoms with E-state index < -0.39 is 0 Å². The van der Waals surface area contributed by atoms with Crippen molar-refractivity contribution in [1.29, 1.82) is 0 Å². The van der Waals surface area contributed by atoms with Crippen LogP contribution >= 0.6 is 0 Å². The standard InChI is InChI=1S/C23H18N4O/c28-23-21-18(9-13-25-22(21)17-7-11-24-12-8-17)15-27(23)14-10-19-6-5-16-3-1-2-4-20(16)26-19/h1-9,11-13H,10,14-15H2. The first-order chi connectivity index (χ1) is 13.8. The Morgan fingerprint density at radius 1 is 0.929 bits per heavy atom. The number of rotatable bonds is 4. The van der Waals surface area contributed by atoms with Crippen molar-refractivity contribution in [2.24, 2.45) is 0 Å². The predicted molar refractivity (Wildman–Crippen MR) is 108 cm³/mol. The minimum atomic E-state index is 0.0377. The Hall–Kier alpha value is -3.60. The summed E-state index contributed by atoms with van der Waals surface area (Å²) in [7, 11) is 0. The van der Waals surface area contributed by atoms with Crippen LogP contribution in [0.1, 0.15) is 21.6 Å². The van der Waals surface area contributed by atoms with E-state index in [4.69, 9.17) is 4.98 Å². The number of pyridine rings is 3. The summed E-state index contributed by atoms with van der Waals surface area (Å²) in [5, 5.41) is 1.13. The first kappa shape index (κ1) is 16.6. The zero-order valence-corrected chi connectivity index (χ0v) is 15.2. The Balaban J connectivity index is 1.38. The Kier molecular flexibility index (Phi) is 4.05. The van der Waals surface area contributed by atoms with Crippen LogP contribution in [0.15, 0.2) is 73.2 Å². The lowest BCUT2D eigenvalue weighted by Crippen LogP contribution is -2.26. The number of fused-ring (bicyclic) bond motifs is 2. The van der Waals surface area contributed by atoms with Gasteiger partial charge in [-0.25, -0.2) is 0 Å². The maximum absolute atomic E-state index is 13.1. The molecule has 1 aromatic carbocycles. The van der Waals surface area contributed by atoms with E-state index in [1.807, 2.05) is 47.4 Å². The molecule has 0 saturated heterocycles. The highest BCUT2D eigenvalue weighted by Gasteiger charge is 2.30. The molecule has 0 aliphatic carbocycles. The van der Waals surface area contributed by atoms with E-state index in [1.54, 1.807) is 18.6 Å². The molecule has 5 heteroatoms. The van der Waals surface area contributed by atoms with E-state index in [2.05, 4.69) is 22.1 Å². The zero-order valence-electron chi connectivity index (χ0n) is 15.2. The van der Waals surface area contributed by atoms with Crippen molar-refractivity contribution in [3.63, 3.8) is 0 Å². The summed E-state index contributed by atoms with van der Waals surface area (Å²) in [5.74, 6) is 0.0377. The van der Waals surface area contributed by atoms with Gasteiger partial charge in [0.2, 0.25) is 0 Å². The quantitative estimate of drug-likeness (QED) is 0.550. The minimum absolute atomic E-state index is 0.0377. The third-order valence-corrected chi connectivity index (χ3v) is 5.15. The van der Waals surface area contributed by atoms with Crippen LogP contribution in [0.4, 0.5) is 0 Å². The maximum atomic E-state index is 13.1. The molecule has 136 valence electrons. The summed E-state index contributed by atoms with van der Waals surface area (Å²) < 4.78 is 0. The molecule has 28 heavy (non-hydrogen) atoms. The predicted octanol–water partition coefficient (Wildman–Crippen LogP) is 3.89. The average Bonchev–Trinajstić information content (AvgIpc) is 3.08. The van der Waals surface area contributed by atoms with Gasteiger partial charge in [-0.3, -0.25) is 19.7 Å². The number of aromatic nitrogens is 3. The molecular formula is C23H18N4O. The Morgan fingerprint density at radius 2 is 1.79 bits per heavy atom. The summed E-state index contributed by atoms with van der Waals surface area (Å²) in [5.41, 5.74) is 5.36. The number of carbonyl (C=O) groups excluding carboxylic acids is 1. The van der Waals surface area contributed by atoms with Gasteiger partial charge in [-0.2, -0.15) is 0 Å². The molecule has 0 spiro atoms. The van der Waals surface area contributed by atoms with Crippen LogP contribution in [0.5, 0.6) is 0 Å². The van der Waals surface area contributed by atoms with Crippen LogP contribution in [0.2, 0.25) is 0 Å². The van der Waals surface area contributed by atoms with Gasteiger partial charge in [0.1, 0.15) is 0 Å². The molecule has 0 fully saturated rings. The Labute approximate surface area is 162 Å². The summed E-state index contributed by atoms with van der Waals surface area (Å²) in [6, 6.07) is 17.9. The number of benzene rings is 1. The van der Waals surface area contributed by atoms with Crippen molar-refractivity contribution in [3.05, 3.63) is 90.0 Å². The van der Waals surface area contributed by atoms with E-state index in [-0.39, 0.29) is 5.91 Å². The molecule has 0 radical (unpaired) electrons. The van der Waals surface area contributed by atoms with E-state index in [0.29, 0.717) is 18.7 Å². The van der Waals surface area contributed by atoms with Gasteiger partial charge in [0.05, 0.1) is 16.8 Å². The second kappa shape index (κ2) is 6.85. The molecule has 1 amide bonds. The number of para-hydroxylation sites is 1. The third kappa shape index (κ3) is 2.91. The van der Waals surface area contributed by atoms with Crippen LogP contribution in [-0.4, -0.2) is 32.3 Å². The molecule has 0 saturated carbocycles. The highest BCUT2D eigenvalue weighted by Crippen LogP contribution is 2.30. The van der Waals surface area contributed by atoms with E-state index in [0.717, 1.165) is 39.8 Å². The number of nitrogens with zero attached hydrogens (tertiary/aromatic N) is 4. The van der Waals surface area contributed by atoms with Crippen molar-refractivity contribution in [2.45, 2.75) is 13.0 Å². The van der Waals surface area contributed by atoms with Crippen LogP contribution < -0.4 is 0 Å². The summed E-state index contributed by atoms with van der Waals surface area (Å²) in [6.45, 7) is 1.25. The molecule has 1 aliphatic heterocycles. The normalized spacial score (nSPS) is 13.1. The van der Waals surface area contributed by atoms with Crippen molar-refractivity contribution >= 4 is 16.8 Å². The third-order valence-electron chi connectivity index (χ3n) is 5.15. The average molecular weight is 366 g/mol. The summed E-state index contributed by atoms with van der Waals surface area (Å²) >= 11 is 0.